The summed E-state index contributed by atoms with van der Waals surface area (Å²) < 4.78 is 4.06. The first kappa shape index (κ1) is 23.6. The Bertz CT molecular complexity index is 1170. The highest BCUT2D eigenvalue weighted by Crippen LogP contribution is 2.35. The summed E-state index contributed by atoms with van der Waals surface area (Å²) in [6.45, 7) is 2.01. The third-order valence-corrected chi connectivity index (χ3v) is 6.93. The third-order valence-electron chi connectivity index (χ3n) is 6.36. The smallest absolute Gasteiger partial charge is 0.250 e. The van der Waals surface area contributed by atoms with Crippen molar-refractivity contribution in [3.63, 3.8) is 0 Å². The van der Waals surface area contributed by atoms with Gasteiger partial charge < -0.3 is 10.6 Å². The number of likely N-dealkylation sites (tertiary alicyclic amines) is 1. The van der Waals surface area contributed by atoms with Gasteiger partial charge in [-0.25, -0.2) is 4.98 Å². The number of likely N-dealkylation sites (N-methyl/N-ethyl adjacent to an activating group) is 1. The Balaban J connectivity index is 1.58. The van der Waals surface area contributed by atoms with Crippen LogP contribution in [-0.4, -0.2) is 45.1 Å². The molecule has 3 aromatic rings. The van der Waals surface area contributed by atoms with Crippen molar-refractivity contribution in [2.75, 3.05) is 17.7 Å². The number of pyridine rings is 1. The predicted molar refractivity (Wildman–Crippen MR) is 131 cm³/mol. The zero-order valence-electron chi connectivity index (χ0n) is 19.1. The molecule has 0 bridgehead atoms. The molecular weight excluding hydrogens is 450 g/mol. The number of amides is 3. The maximum Gasteiger partial charge on any atom is 0.250 e. The lowest BCUT2D eigenvalue weighted by Crippen LogP contribution is -2.69. The van der Waals surface area contributed by atoms with E-state index in [4.69, 9.17) is 5.73 Å². The number of aromatic nitrogens is 2. The number of hydrogen-bond donors (Lipinski definition) is 1. The number of carbonyl (C=O) groups excluding carboxylic acids is 3. The number of nitrogen functional groups attached to an aromatic ring is 1. The Labute approximate surface area is 202 Å². The van der Waals surface area contributed by atoms with Gasteiger partial charge in [-0.2, -0.15) is 4.37 Å². The Morgan fingerprint density at radius 2 is 2.00 bits per heavy atom. The Morgan fingerprint density at radius 1 is 1.24 bits per heavy atom. The van der Waals surface area contributed by atoms with Gasteiger partial charge in [0.2, 0.25) is 11.8 Å². The first-order chi connectivity index (χ1) is 16.4. The summed E-state index contributed by atoms with van der Waals surface area (Å²) in [6.07, 6.45) is 4.38. The SMILES string of the molecule is CC[C@@H](CC(=O)N1C(=O)[C@H](Cc2ccnc(N)c2)[C@H]1C(=O)N(C)c1cnsc1)c1ccccc1. The van der Waals surface area contributed by atoms with E-state index >= 15 is 0 Å². The molecule has 1 aromatic carbocycles. The van der Waals surface area contributed by atoms with Crippen molar-refractivity contribution in [1.82, 2.24) is 14.3 Å². The molecule has 1 aliphatic rings. The summed E-state index contributed by atoms with van der Waals surface area (Å²) in [7, 11) is 1.64. The van der Waals surface area contributed by atoms with Gasteiger partial charge >= 0.3 is 0 Å². The van der Waals surface area contributed by atoms with Crippen molar-refractivity contribution < 1.29 is 14.4 Å². The van der Waals surface area contributed by atoms with Gasteiger partial charge in [0, 0.05) is 25.0 Å². The molecule has 0 unspecified atom stereocenters. The molecule has 2 aromatic heterocycles. The van der Waals surface area contributed by atoms with Crippen molar-refractivity contribution >= 4 is 40.8 Å². The Kier molecular flexibility index (Phi) is 7.02. The molecule has 2 N–H and O–H groups in total. The van der Waals surface area contributed by atoms with Crippen LogP contribution < -0.4 is 10.6 Å². The molecule has 0 spiro atoms. The maximum absolute atomic E-state index is 13.5. The van der Waals surface area contributed by atoms with Gasteiger partial charge in [0.15, 0.2) is 0 Å². The summed E-state index contributed by atoms with van der Waals surface area (Å²) in [5.41, 5.74) is 8.26. The van der Waals surface area contributed by atoms with Crippen LogP contribution in [0.5, 0.6) is 0 Å². The number of rotatable bonds is 8. The topological polar surface area (TPSA) is 109 Å². The first-order valence-electron chi connectivity index (χ1n) is 11.2. The minimum Gasteiger partial charge on any atom is -0.384 e. The quantitative estimate of drug-likeness (QED) is 0.499. The Hall–Kier alpha value is -3.59. The molecule has 0 radical (unpaired) electrons. The monoisotopic (exact) mass is 477 g/mol. The number of benzene rings is 1. The van der Waals surface area contributed by atoms with E-state index < -0.39 is 12.0 Å². The fourth-order valence-corrected chi connectivity index (χ4v) is 4.96. The van der Waals surface area contributed by atoms with E-state index in [9.17, 15) is 14.4 Å². The third kappa shape index (κ3) is 4.70. The molecule has 8 nitrogen and oxygen atoms in total. The highest BCUT2D eigenvalue weighted by Gasteiger charge is 2.55. The van der Waals surface area contributed by atoms with Gasteiger partial charge in [0.1, 0.15) is 11.9 Å². The summed E-state index contributed by atoms with van der Waals surface area (Å²) in [5, 5.41) is 1.76. The van der Waals surface area contributed by atoms with E-state index in [1.165, 1.54) is 16.4 Å². The molecule has 3 amide bonds. The number of hydrogen-bond acceptors (Lipinski definition) is 7. The first-order valence-corrected chi connectivity index (χ1v) is 12.0. The van der Waals surface area contributed by atoms with Crippen molar-refractivity contribution in [2.45, 2.75) is 38.1 Å². The van der Waals surface area contributed by atoms with Crippen LogP contribution in [0, 0.1) is 5.92 Å². The van der Waals surface area contributed by atoms with Gasteiger partial charge in [-0.1, -0.05) is 37.3 Å². The zero-order chi connectivity index (χ0) is 24.2. The van der Waals surface area contributed by atoms with Gasteiger partial charge in [-0.3, -0.25) is 19.3 Å². The second-order valence-electron chi connectivity index (χ2n) is 8.45. The van der Waals surface area contributed by atoms with E-state index in [1.807, 2.05) is 37.3 Å². The molecule has 3 atom stereocenters. The number of nitrogens with two attached hydrogens (primary N) is 1. The summed E-state index contributed by atoms with van der Waals surface area (Å²) in [5.74, 6) is -1.32. The molecule has 9 heteroatoms. The second kappa shape index (κ2) is 10.1. The average Bonchev–Trinajstić information content (AvgIpc) is 3.39. The van der Waals surface area contributed by atoms with Crippen LogP contribution in [0.15, 0.2) is 60.2 Å². The van der Waals surface area contributed by atoms with Gasteiger partial charge in [0.25, 0.3) is 5.91 Å². The van der Waals surface area contributed by atoms with Crippen LogP contribution in [0.1, 0.15) is 36.8 Å². The number of β-lactam (4-membered cyclic amide) rings is 1. The van der Waals surface area contributed by atoms with Gasteiger partial charge in [0.05, 0.1) is 17.8 Å². The number of nitrogens with zero attached hydrogens (tertiary/aromatic N) is 4. The highest BCUT2D eigenvalue weighted by molar-refractivity contribution is 7.04. The minimum atomic E-state index is -0.882. The van der Waals surface area contributed by atoms with E-state index in [1.54, 1.807) is 37.0 Å². The van der Waals surface area contributed by atoms with Crippen molar-refractivity contribution in [2.24, 2.45) is 5.92 Å². The molecular formula is C25H27N5O3S. The van der Waals surface area contributed by atoms with Crippen molar-refractivity contribution in [1.29, 1.82) is 0 Å². The number of anilines is 2. The molecule has 3 heterocycles. The van der Waals surface area contributed by atoms with Crippen LogP contribution in [0.4, 0.5) is 11.5 Å². The molecule has 1 saturated heterocycles. The van der Waals surface area contributed by atoms with Crippen molar-refractivity contribution in [3.05, 3.63) is 71.4 Å². The maximum atomic E-state index is 13.5. The van der Waals surface area contributed by atoms with Crippen LogP contribution in [0.25, 0.3) is 0 Å². The lowest BCUT2D eigenvalue weighted by molar-refractivity contribution is -0.170. The van der Waals surface area contributed by atoms with Gasteiger partial charge in [-0.05, 0) is 53.6 Å². The van der Waals surface area contributed by atoms with E-state index in [0.717, 1.165) is 22.4 Å². The van der Waals surface area contributed by atoms with E-state index in [0.29, 0.717) is 17.9 Å². The summed E-state index contributed by atoms with van der Waals surface area (Å²) >= 11 is 1.23. The molecule has 0 aliphatic carbocycles. The second-order valence-corrected chi connectivity index (χ2v) is 9.10. The summed E-state index contributed by atoms with van der Waals surface area (Å²) in [6, 6.07) is 12.3. The fraction of sp³-hybridized carbons (Fsp3) is 0.320. The number of imide groups is 1. The molecule has 4 rings (SSSR count). The predicted octanol–water partition coefficient (Wildman–Crippen LogP) is 3.26. The lowest BCUT2D eigenvalue weighted by Gasteiger charge is -2.46. The van der Waals surface area contributed by atoms with Crippen LogP contribution in [0.2, 0.25) is 0 Å². The van der Waals surface area contributed by atoms with Crippen LogP contribution in [-0.2, 0) is 20.8 Å². The lowest BCUT2D eigenvalue weighted by atomic mass is 9.80. The zero-order valence-corrected chi connectivity index (χ0v) is 19.9. The van der Waals surface area contributed by atoms with Crippen molar-refractivity contribution in [3.8, 4) is 0 Å². The fourth-order valence-electron chi connectivity index (χ4n) is 4.41. The average molecular weight is 478 g/mol. The normalized spacial score (nSPS) is 18.3. The van der Waals surface area contributed by atoms with Crippen LogP contribution >= 0.6 is 11.5 Å². The van der Waals surface area contributed by atoms with Crippen LogP contribution in [0.3, 0.4) is 0 Å². The molecule has 34 heavy (non-hydrogen) atoms. The molecule has 1 fully saturated rings. The highest BCUT2D eigenvalue weighted by atomic mass is 32.1. The molecule has 0 saturated carbocycles. The minimum absolute atomic E-state index is 0.0323. The standard InChI is InChI=1S/C25H27N5O3S/c1-3-17(18-7-5-4-6-8-18)13-22(31)30-23(25(33)29(2)19-14-28-34-15-19)20(24(30)32)11-16-9-10-27-21(26)12-16/h4-10,12,14-15,17,20,23H,3,11,13H2,1-2H3,(H2,26,27)/t17-,20+,23-/m0/s1. The van der Waals surface area contributed by atoms with E-state index in [2.05, 4.69) is 9.36 Å². The molecule has 1 aliphatic heterocycles. The summed E-state index contributed by atoms with van der Waals surface area (Å²) in [4.78, 5) is 46.6. The molecule has 176 valence electrons. The van der Waals surface area contributed by atoms with Gasteiger partial charge in [-0.15, -0.1) is 0 Å². The Morgan fingerprint density at radius 3 is 2.65 bits per heavy atom. The van der Waals surface area contributed by atoms with E-state index in [-0.39, 0.29) is 30.1 Å². The largest absolute Gasteiger partial charge is 0.384 e. The number of carbonyl (C=O) groups is 3.